The van der Waals surface area contributed by atoms with E-state index < -0.39 is 0 Å². The second-order valence-electron chi connectivity index (χ2n) is 5.41. The van der Waals surface area contributed by atoms with E-state index in [0.717, 1.165) is 25.6 Å². The summed E-state index contributed by atoms with van der Waals surface area (Å²) in [4.78, 5) is 7.06. The molecule has 0 aliphatic heterocycles. The van der Waals surface area contributed by atoms with Gasteiger partial charge in [0.05, 0.1) is 5.69 Å². The van der Waals surface area contributed by atoms with Gasteiger partial charge in [-0.05, 0) is 32.9 Å². The molecule has 0 fully saturated rings. The van der Waals surface area contributed by atoms with E-state index in [1.165, 1.54) is 17.1 Å². The third kappa shape index (κ3) is 5.46. The number of nitrogens with one attached hydrogen (secondary N) is 1. The molecule has 1 atom stereocenters. The van der Waals surface area contributed by atoms with E-state index in [2.05, 4.69) is 55.3 Å². The Bertz CT molecular complexity index is 336. The summed E-state index contributed by atoms with van der Waals surface area (Å²) in [6.45, 7) is 11.8. The summed E-state index contributed by atoms with van der Waals surface area (Å²) < 4.78 is 0. The summed E-state index contributed by atoms with van der Waals surface area (Å²) in [5.41, 5.74) is 1.20. The van der Waals surface area contributed by atoms with Crippen LogP contribution in [-0.2, 0) is 13.1 Å². The van der Waals surface area contributed by atoms with Crippen molar-refractivity contribution in [1.29, 1.82) is 0 Å². The van der Waals surface area contributed by atoms with Gasteiger partial charge >= 0.3 is 0 Å². The minimum Gasteiger partial charge on any atom is -0.311 e. The Morgan fingerprint density at radius 1 is 1.39 bits per heavy atom. The van der Waals surface area contributed by atoms with E-state index in [1.54, 1.807) is 11.3 Å². The van der Waals surface area contributed by atoms with E-state index >= 15 is 0 Å². The zero-order valence-corrected chi connectivity index (χ0v) is 13.2. The predicted octanol–water partition coefficient (Wildman–Crippen LogP) is 3.12. The topological polar surface area (TPSA) is 28.2 Å². The molecule has 0 radical (unpaired) electrons. The predicted molar refractivity (Wildman–Crippen MR) is 79.9 cm³/mol. The number of rotatable bonds is 8. The first-order valence-corrected chi connectivity index (χ1v) is 7.75. The fourth-order valence-electron chi connectivity index (χ4n) is 2.01. The molecule has 4 heteroatoms. The van der Waals surface area contributed by atoms with Crippen LogP contribution in [0.2, 0.25) is 0 Å². The van der Waals surface area contributed by atoms with Crippen LogP contribution in [0.5, 0.6) is 0 Å². The number of aromatic nitrogens is 1. The Hall–Kier alpha value is -0.450. The van der Waals surface area contributed by atoms with Gasteiger partial charge in [-0.2, -0.15) is 0 Å². The second-order valence-corrected chi connectivity index (χ2v) is 6.35. The highest BCUT2D eigenvalue weighted by molar-refractivity contribution is 7.09. The van der Waals surface area contributed by atoms with Crippen LogP contribution >= 0.6 is 11.3 Å². The van der Waals surface area contributed by atoms with Gasteiger partial charge in [0.1, 0.15) is 5.01 Å². The van der Waals surface area contributed by atoms with E-state index in [-0.39, 0.29) is 0 Å². The summed E-state index contributed by atoms with van der Waals surface area (Å²) in [6, 6.07) is 0.615. The van der Waals surface area contributed by atoms with Crippen LogP contribution < -0.4 is 5.32 Å². The Morgan fingerprint density at radius 2 is 2.11 bits per heavy atom. The number of nitrogens with zero attached hydrogens (tertiary/aromatic N) is 2. The molecule has 1 unspecified atom stereocenters. The highest BCUT2D eigenvalue weighted by atomic mass is 32.1. The molecule has 1 rings (SSSR count). The first-order valence-electron chi connectivity index (χ1n) is 6.87. The molecule has 0 aliphatic rings. The Labute approximate surface area is 116 Å². The standard InChI is InChI=1S/C14H27N3S/c1-6-15-8-14-16-13(10-18-14)9-17(5)12(4)7-11(2)3/h10-12,15H,6-9H2,1-5H3. The Kier molecular flexibility index (Phi) is 6.82. The van der Waals surface area contributed by atoms with E-state index in [0.29, 0.717) is 6.04 Å². The number of hydrogen-bond donors (Lipinski definition) is 1. The van der Waals surface area contributed by atoms with Crippen LogP contribution in [-0.4, -0.2) is 29.5 Å². The average molecular weight is 269 g/mol. The quantitative estimate of drug-likeness (QED) is 0.786. The lowest BCUT2D eigenvalue weighted by atomic mass is 10.0. The van der Waals surface area contributed by atoms with Crippen LogP contribution in [0.15, 0.2) is 5.38 Å². The van der Waals surface area contributed by atoms with Crippen LogP contribution in [0.4, 0.5) is 0 Å². The number of thiazole rings is 1. The third-order valence-corrected chi connectivity index (χ3v) is 4.00. The average Bonchev–Trinajstić information content (AvgIpc) is 2.73. The fourth-order valence-corrected chi connectivity index (χ4v) is 2.76. The Balaban J connectivity index is 2.43. The summed E-state index contributed by atoms with van der Waals surface area (Å²) in [7, 11) is 2.19. The molecule has 1 heterocycles. The van der Waals surface area contributed by atoms with Gasteiger partial charge in [-0.3, -0.25) is 4.90 Å². The zero-order chi connectivity index (χ0) is 13.5. The van der Waals surface area contributed by atoms with Crippen molar-refractivity contribution in [3.05, 3.63) is 16.1 Å². The normalized spacial score (nSPS) is 13.5. The molecule has 18 heavy (non-hydrogen) atoms. The SMILES string of the molecule is CCNCc1nc(CN(C)C(C)CC(C)C)cs1. The molecule has 0 saturated carbocycles. The summed E-state index contributed by atoms with van der Waals surface area (Å²) in [5, 5.41) is 6.69. The van der Waals surface area contributed by atoms with E-state index in [9.17, 15) is 0 Å². The smallest absolute Gasteiger partial charge is 0.107 e. The van der Waals surface area contributed by atoms with Gasteiger partial charge in [-0.25, -0.2) is 4.98 Å². The molecule has 104 valence electrons. The van der Waals surface area contributed by atoms with Gasteiger partial charge in [-0.1, -0.05) is 20.8 Å². The van der Waals surface area contributed by atoms with Crippen molar-refractivity contribution < 1.29 is 0 Å². The van der Waals surface area contributed by atoms with Crippen LogP contribution in [0.1, 0.15) is 44.8 Å². The van der Waals surface area contributed by atoms with Crippen molar-refractivity contribution >= 4 is 11.3 Å². The Morgan fingerprint density at radius 3 is 2.72 bits per heavy atom. The first-order chi connectivity index (χ1) is 8.52. The van der Waals surface area contributed by atoms with Gasteiger partial charge in [-0.15, -0.1) is 11.3 Å². The van der Waals surface area contributed by atoms with Gasteiger partial charge in [0.25, 0.3) is 0 Å². The van der Waals surface area contributed by atoms with Gasteiger partial charge in [0, 0.05) is 24.5 Å². The van der Waals surface area contributed by atoms with Crippen molar-refractivity contribution in [3.8, 4) is 0 Å². The lowest BCUT2D eigenvalue weighted by Crippen LogP contribution is -2.29. The fraction of sp³-hybridized carbons (Fsp3) is 0.786. The summed E-state index contributed by atoms with van der Waals surface area (Å²) in [6.07, 6.45) is 1.24. The molecular formula is C14H27N3S. The lowest BCUT2D eigenvalue weighted by molar-refractivity contribution is 0.218. The maximum absolute atomic E-state index is 4.66. The van der Waals surface area contributed by atoms with Gasteiger partial charge in [0.15, 0.2) is 0 Å². The zero-order valence-electron chi connectivity index (χ0n) is 12.4. The van der Waals surface area contributed by atoms with Gasteiger partial charge in [0.2, 0.25) is 0 Å². The number of hydrogen-bond acceptors (Lipinski definition) is 4. The van der Waals surface area contributed by atoms with Crippen molar-refractivity contribution in [2.45, 2.75) is 53.2 Å². The molecule has 0 spiro atoms. The molecule has 0 aromatic carbocycles. The molecule has 0 amide bonds. The van der Waals surface area contributed by atoms with Crippen molar-refractivity contribution in [3.63, 3.8) is 0 Å². The van der Waals surface area contributed by atoms with Crippen molar-refractivity contribution in [2.24, 2.45) is 5.92 Å². The summed E-state index contributed by atoms with van der Waals surface area (Å²) in [5.74, 6) is 0.752. The maximum Gasteiger partial charge on any atom is 0.107 e. The monoisotopic (exact) mass is 269 g/mol. The molecule has 0 saturated heterocycles. The van der Waals surface area contributed by atoms with Crippen molar-refractivity contribution in [1.82, 2.24) is 15.2 Å². The maximum atomic E-state index is 4.66. The van der Waals surface area contributed by atoms with Crippen LogP contribution in [0.3, 0.4) is 0 Å². The van der Waals surface area contributed by atoms with Crippen molar-refractivity contribution in [2.75, 3.05) is 13.6 Å². The first kappa shape index (κ1) is 15.6. The molecule has 0 aliphatic carbocycles. The molecular weight excluding hydrogens is 242 g/mol. The van der Waals surface area contributed by atoms with Crippen LogP contribution in [0, 0.1) is 5.92 Å². The minimum atomic E-state index is 0.615. The lowest BCUT2D eigenvalue weighted by Gasteiger charge is -2.25. The molecule has 0 bridgehead atoms. The molecule has 1 aromatic heterocycles. The second kappa shape index (κ2) is 7.87. The highest BCUT2D eigenvalue weighted by Crippen LogP contribution is 2.15. The van der Waals surface area contributed by atoms with E-state index in [1.807, 2.05) is 0 Å². The van der Waals surface area contributed by atoms with Gasteiger partial charge < -0.3 is 5.32 Å². The highest BCUT2D eigenvalue weighted by Gasteiger charge is 2.12. The van der Waals surface area contributed by atoms with Crippen LogP contribution in [0.25, 0.3) is 0 Å². The molecule has 1 aromatic rings. The third-order valence-electron chi connectivity index (χ3n) is 3.10. The minimum absolute atomic E-state index is 0.615. The molecule has 1 N–H and O–H groups in total. The largest absolute Gasteiger partial charge is 0.311 e. The molecule has 3 nitrogen and oxygen atoms in total. The summed E-state index contributed by atoms with van der Waals surface area (Å²) >= 11 is 1.76. The van der Waals surface area contributed by atoms with E-state index in [4.69, 9.17) is 0 Å².